The number of carbonyl (C=O) groups excluding carboxylic acids is 1. The van der Waals surface area contributed by atoms with Crippen molar-refractivity contribution in [3.63, 3.8) is 0 Å². The van der Waals surface area contributed by atoms with E-state index < -0.39 is 6.04 Å². The molecule has 0 spiro atoms. The highest BCUT2D eigenvalue weighted by molar-refractivity contribution is 5.81. The summed E-state index contributed by atoms with van der Waals surface area (Å²) in [5, 5.41) is 2.93. The van der Waals surface area contributed by atoms with Crippen LogP contribution >= 0.6 is 0 Å². The van der Waals surface area contributed by atoms with Gasteiger partial charge in [-0.3, -0.25) is 9.69 Å². The molecule has 2 aliphatic heterocycles. The Morgan fingerprint density at radius 3 is 3.11 bits per heavy atom. The Hall–Kier alpha value is -0.650. The van der Waals surface area contributed by atoms with E-state index in [2.05, 4.69) is 17.1 Å². The Balaban J connectivity index is 1.72. The van der Waals surface area contributed by atoms with E-state index in [1.54, 1.807) is 0 Å². The van der Waals surface area contributed by atoms with Crippen molar-refractivity contribution in [3.8, 4) is 0 Å². The van der Waals surface area contributed by atoms with Gasteiger partial charge in [-0.05, 0) is 25.3 Å². The lowest BCUT2D eigenvalue weighted by Gasteiger charge is -2.35. The summed E-state index contributed by atoms with van der Waals surface area (Å²) in [6, 6.07) is 0.197. The van der Waals surface area contributed by atoms with Crippen LogP contribution < -0.4 is 11.1 Å². The minimum Gasteiger partial charge on any atom is -0.373 e. The molecule has 1 amide bonds. The molecule has 2 aliphatic rings. The lowest BCUT2D eigenvalue weighted by atomic mass is 9.99. The predicted octanol–water partition coefficient (Wildman–Crippen LogP) is 0.339. The van der Waals surface area contributed by atoms with Crippen LogP contribution in [-0.2, 0) is 9.53 Å². The first-order valence-electron chi connectivity index (χ1n) is 7.50. The number of nitrogens with one attached hydrogen (secondary N) is 1. The number of morpholine rings is 1. The zero-order chi connectivity index (χ0) is 13.8. The van der Waals surface area contributed by atoms with Crippen LogP contribution in [0.25, 0.3) is 0 Å². The quantitative estimate of drug-likeness (QED) is 0.755. The van der Waals surface area contributed by atoms with Crippen LogP contribution in [0.4, 0.5) is 0 Å². The van der Waals surface area contributed by atoms with Crippen molar-refractivity contribution in [2.75, 3.05) is 26.2 Å². The number of ether oxygens (including phenoxy) is 1. The summed E-state index contributed by atoms with van der Waals surface area (Å²) in [5.74, 6) is 0.164. The Labute approximate surface area is 115 Å². The summed E-state index contributed by atoms with van der Waals surface area (Å²) in [4.78, 5) is 14.4. The fraction of sp³-hybridized carbons (Fsp3) is 0.929. The van der Waals surface area contributed by atoms with Crippen LogP contribution in [0.5, 0.6) is 0 Å². The molecule has 5 nitrogen and oxygen atoms in total. The van der Waals surface area contributed by atoms with Gasteiger partial charge in [-0.15, -0.1) is 0 Å². The largest absolute Gasteiger partial charge is 0.373 e. The highest BCUT2D eigenvalue weighted by Gasteiger charge is 2.32. The Bertz CT molecular complexity index is 311. The van der Waals surface area contributed by atoms with E-state index in [1.807, 2.05) is 6.92 Å². The molecule has 0 aromatic carbocycles. The van der Waals surface area contributed by atoms with Gasteiger partial charge in [0.25, 0.3) is 0 Å². The van der Waals surface area contributed by atoms with E-state index in [9.17, 15) is 4.79 Å². The smallest absolute Gasteiger partial charge is 0.237 e. The zero-order valence-electron chi connectivity index (χ0n) is 12.1. The summed E-state index contributed by atoms with van der Waals surface area (Å²) < 4.78 is 5.81. The van der Waals surface area contributed by atoms with Gasteiger partial charge >= 0.3 is 0 Å². The molecule has 0 aliphatic carbocycles. The average Bonchev–Trinajstić information content (AvgIpc) is 2.90. The van der Waals surface area contributed by atoms with Gasteiger partial charge in [-0.2, -0.15) is 0 Å². The lowest BCUT2D eigenvalue weighted by Crippen LogP contribution is -2.52. The molecule has 2 heterocycles. The second-order valence-corrected chi connectivity index (χ2v) is 5.90. The van der Waals surface area contributed by atoms with Gasteiger partial charge in [0, 0.05) is 19.1 Å². The van der Waals surface area contributed by atoms with Crippen LogP contribution in [0.2, 0.25) is 0 Å². The summed E-state index contributed by atoms with van der Waals surface area (Å²) in [5.41, 5.74) is 5.91. The number of hydrogen-bond acceptors (Lipinski definition) is 4. The minimum atomic E-state index is -0.409. The molecule has 0 bridgehead atoms. The van der Waals surface area contributed by atoms with Crippen molar-refractivity contribution in [1.29, 1.82) is 0 Å². The maximum absolute atomic E-state index is 11.9. The fourth-order valence-corrected chi connectivity index (χ4v) is 2.85. The molecule has 2 rings (SSSR count). The number of fused-ring (bicyclic) bond motifs is 1. The highest BCUT2D eigenvalue weighted by Crippen LogP contribution is 2.22. The molecule has 19 heavy (non-hydrogen) atoms. The van der Waals surface area contributed by atoms with E-state index in [0.717, 1.165) is 19.6 Å². The molecular formula is C14H27N3O2. The number of nitrogens with zero attached hydrogens (tertiary/aromatic N) is 1. The Kier molecular flexibility index (Phi) is 5.19. The third kappa shape index (κ3) is 3.68. The van der Waals surface area contributed by atoms with Crippen LogP contribution in [0.1, 0.15) is 33.1 Å². The number of nitrogens with two attached hydrogens (primary N) is 1. The van der Waals surface area contributed by atoms with Crippen LogP contribution in [0.15, 0.2) is 0 Å². The average molecular weight is 269 g/mol. The lowest BCUT2D eigenvalue weighted by molar-refractivity contribution is -0.124. The summed E-state index contributed by atoms with van der Waals surface area (Å²) >= 11 is 0. The van der Waals surface area contributed by atoms with Crippen molar-refractivity contribution in [3.05, 3.63) is 0 Å². The second kappa shape index (κ2) is 6.68. The molecule has 0 radical (unpaired) electrons. The van der Waals surface area contributed by atoms with E-state index >= 15 is 0 Å². The summed E-state index contributed by atoms with van der Waals surface area (Å²) in [6.45, 7) is 7.55. The van der Waals surface area contributed by atoms with Gasteiger partial charge in [0.2, 0.25) is 5.91 Å². The molecule has 2 unspecified atom stereocenters. The molecular weight excluding hydrogens is 242 g/mol. The van der Waals surface area contributed by atoms with Gasteiger partial charge < -0.3 is 15.8 Å². The first-order chi connectivity index (χ1) is 9.11. The first kappa shape index (κ1) is 14.8. The first-order valence-corrected chi connectivity index (χ1v) is 7.50. The maximum Gasteiger partial charge on any atom is 0.237 e. The minimum absolute atomic E-state index is 0.0542. The molecule has 4 atom stereocenters. The van der Waals surface area contributed by atoms with Crippen molar-refractivity contribution in [1.82, 2.24) is 10.2 Å². The van der Waals surface area contributed by atoms with Crippen molar-refractivity contribution < 1.29 is 9.53 Å². The third-order valence-corrected chi connectivity index (χ3v) is 4.53. The summed E-state index contributed by atoms with van der Waals surface area (Å²) in [7, 11) is 0. The molecule has 0 aromatic heterocycles. The van der Waals surface area contributed by atoms with Crippen molar-refractivity contribution in [2.24, 2.45) is 11.7 Å². The second-order valence-electron chi connectivity index (χ2n) is 5.90. The van der Waals surface area contributed by atoms with E-state index in [0.29, 0.717) is 12.6 Å². The number of hydrogen-bond donors (Lipinski definition) is 2. The predicted molar refractivity (Wildman–Crippen MR) is 74.8 cm³/mol. The number of rotatable bonds is 5. The normalized spacial score (nSPS) is 30.7. The Morgan fingerprint density at radius 1 is 1.58 bits per heavy atom. The molecule has 0 saturated carbocycles. The van der Waals surface area contributed by atoms with Crippen LogP contribution in [0, 0.1) is 5.92 Å². The maximum atomic E-state index is 11.9. The van der Waals surface area contributed by atoms with Gasteiger partial charge in [0.15, 0.2) is 0 Å². The van der Waals surface area contributed by atoms with Gasteiger partial charge in [0.1, 0.15) is 0 Å². The number of amides is 1. The van der Waals surface area contributed by atoms with Gasteiger partial charge in [-0.1, -0.05) is 20.3 Å². The summed E-state index contributed by atoms with van der Waals surface area (Å²) in [6.07, 6.45) is 3.55. The topological polar surface area (TPSA) is 67.6 Å². The Morgan fingerprint density at radius 2 is 2.37 bits per heavy atom. The van der Waals surface area contributed by atoms with Crippen molar-refractivity contribution >= 4 is 5.91 Å². The number of carbonyl (C=O) groups is 1. The van der Waals surface area contributed by atoms with Gasteiger partial charge in [-0.25, -0.2) is 0 Å². The standard InChI is InChI=1S/C14H27N3O2/c1-3-10(2)13(15)14(18)16-7-12-8-17-6-4-5-11(17)9-19-12/h10-13H,3-9,15H2,1-2H3,(H,16,18)/t10-,11?,12?,13-/m0/s1. The van der Waals surface area contributed by atoms with Crippen molar-refractivity contribution in [2.45, 2.75) is 51.3 Å². The van der Waals surface area contributed by atoms with Crippen LogP contribution in [-0.4, -0.2) is 55.2 Å². The third-order valence-electron chi connectivity index (χ3n) is 4.53. The van der Waals surface area contributed by atoms with Gasteiger partial charge in [0.05, 0.1) is 18.8 Å². The molecule has 0 aromatic rings. The highest BCUT2D eigenvalue weighted by atomic mass is 16.5. The van der Waals surface area contributed by atoms with Crippen LogP contribution in [0.3, 0.4) is 0 Å². The SMILES string of the molecule is CC[C@H](C)[C@H](N)C(=O)NCC1CN2CCCC2CO1. The van der Waals surface area contributed by atoms with E-state index in [-0.39, 0.29) is 17.9 Å². The van der Waals surface area contributed by atoms with E-state index in [4.69, 9.17) is 10.5 Å². The monoisotopic (exact) mass is 269 g/mol. The van der Waals surface area contributed by atoms with E-state index in [1.165, 1.54) is 19.4 Å². The molecule has 2 fully saturated rings. The molecule has 110 valence electrons. The molecule has 2 saturated heterocycles. The fourth-order valence-electron chi connectivity index (χ4n) is 2.85. The molecule has 5 heteroatoms. The molecule has 3 N–H and O–H groups in total. The zero-order valence-corrected chi connectivity index (χ0v) is 12.1.